The van der Waals surface area contributed by atoms with Gasteiger partial charge in [0.2, 0.25) is 11.8 Å². The molecule has 0 aliphatic carbocycles. The molecule has 5 heteroatoms. The van der Waals surface area contributed by atoms with Crippen LogP contribution in [0.3, 0.4) is 0 Å². The van der Waals surface area contributed by atoms with Gasteiger partial charge in [0.05, 0.1) is 6.04 Å². The molecule has 1 N–H and O–H groups in total. The van der Waals surface area contributed by atoms with Crippen molar-refractivity contribution in [2.24, 2.45) is 0 Å². The van der Waals surface area contributed by atoms with E-state index in [9.17, 15) is 9.59 Å². The summed E-state index contributed by atoms with van der Waals surface area (Å²) in [6.45, 7) is 0.705. The Morgan fingerprint density at radius 1 is 0.893 bits per heavy atom. The summed E-state index contributed by atoms with van der Waals surface area (Å²) in [6.07, 6.45) is 2.26. The Hall–Kier alpha value is -3.08. The third-order valence-electron chi connectivity index (χ3n) is 6.61. The number of nitrogens with zero attached hydrogens (tertiary/aromatic N) is 2. The van der Waals surface area contributed by atoms with E-state index >= 15 is 0 Å². The second kappa shape index (κ2) is 5.71. The number of amides is 2. The maximum Gasteiger partial charge on any atom is 0.246 e. The Bertz CT molecular complexity index is 1100. The number of benzene rings is 2. The fraction of sp³-hybridized carbons (Fsp3) is 0.304. The SMILES string of the molecule is O=C1[C@@H]2Cc3c([nH]c4ccccc34)[C@H](c3ccccc3)N2C(=O)[C@@H]2CCCN12. The number of fused-ring (bicyclic) bond motifs is 5. The predicted molar refractivity (Wildman–Crippen MR) is 106 cm³/mol. The van der Waals surface area contributed by atoms with Crippen LogP contribution < -0.4 is 0 Å². The summed E-state index contributed by atoms with van der Waals surface area (Å²) in [5, 5.41) is 1.15. The zero-order valence-electron chi connectivity index (χ0n) is 15.5. The highest BCUT2D eigenvalue weighted by Crippen LogP contribution is 2.44. The fourth-order valence-corrected chi connectivity index (χ4v) is 5.39. The Kier molecular flexibility index (Phi) is 3.25. The van der Waals surface area contributed by atoms with Crippen molar-refractivity contribution in [3.8, 4) is 0 Å². The van der Waals surface area contributed by atoms with E-state index in [4.69, 9.17) is 0 Å². The van der Waals surface area contributed by atoms with Gasteiger partial charge in [-0.1, -0.05) is 48.5 Å². The van der Waals surface area contributed by atoms with E-state index in [0.29, 0.717) is 13.0 Å². The molecule has 0 spiro atoms. The van der Waals surface area contributed by atoms with Gasteiger partial charge >= 0.3 is 0 Å². The average molecular weight is 371 g/mol. The number of aromatic amines is 1. The standard InChI is InChI=1S/C23H21N3O2/c27-22-19-13-16-15-9-4-5-10-17(15)24-20(16)21(14-7-2-1-3-8-14)26(19)23(28)18-11-6-12-25(18)22/h1-5,7-10,18-19,21,24H,6,11-13H2/t18-,19-,21-/m0/s1. The largest absolute Gasteiger partial charge is 0.356 e. The molecule has 2 aromatic carbocycles. The highest BCUT2D eigenvalue weighted by Gasteiger charge is 2.53. The fourth-order valence-electron chi connectivity index (χ4n) is 5.39. The lowest BCUT2D eigenvalue weighted by atomic mass is 9.85. The molecular formula is C23H21N3O2. The third-order valence-corrected chi connectivity index (χ3v) is 6.61. The molecule has 6 rings (SSSR count). The van der Waals surface area contributed by atoms with Crippen LogP contribution in [0.5, 0.6) is 0 Å². The minimum absolute atomic E-state index is 0.0975. The zero-order valence-corrected chi connectivity index (χ0v) is 15.5. The van der Waals surface area contributed by atoms with Crippen molar-refractivity contribution in [1.82, 2.24) is 14.8 Å². The molecule has 4 heterocycles. The Balaban J connectivity index is 1.60. The first kappa shape index (κ1) is 15.9. The Labute approximate surface area is 162 Å². The summed E-state index contributed by atoms with van der Waals surface area (Å²) in [6, 6.07) is 17.4. The number of aromatic nitrogens is 1. The quantitative estimate of drug-likeness (QED) is 0.715. The maximum atomic E-state index is 13.5. The smallest absolute Gasteiger partial charge is 0.246 e. The van der Waals surface area contributed by atoms with E-state index in [1.54, 1.807) is 0 Å². The van der Waals surface area contributed by atoms with Crippen LogP contribution in [0.4, 0.5) is 0 Å². The van der Waals surface area contributed by atoms with E-state index in [1.807, 2.05) is 40.1 Å². The number of hydrogen-bond acceptors (Lipinski definition) is 2. The van der Waals surface area contributed by atoms with Gasteiger partial charge < -0.3 is 14.8 Å². The van der Waals surface area contributed by atoms with Crippen molar-refractivity contribution in [2.45, 2.75) is 37.4 Å². The van der Waals surface area contributed by atoms with Crippen molar-refractivity contribution >= 4 is 22.7 Å². The zero-order chi connectivity index (χ0) is 18.8. The molecule has 1 aromatic heterocycles. The number of hydrogen-bond donors (Lipinski definition) is 1. The van der Waals surface area contributed by atoms with E-state index in [1.165, 1.54) is 5.56 Å². The molecule has 5 nitrogen and oxygen atoms in total. The van der Waals surface area contributed by atoms with E-state index in [2.05, 4.69) is 29.2 Å². The number of para-hydroxylation sites is 1. The molecule has 140 valence electrons. The van der Waals surface area contributed by atoms with Gasteiger partial charge in [-0.3, -0.25) is 9.59 Å². The van der Waals surface area contributed by atoms with E-state index in [-0.39, 0.29) is 23.9 Å². The topological polar surface area (TPSA) is 56.4 Å². The van der Waals surface area contributed by atoms with Crippen LogP contribution in [0.1, 0.15) is 35.7 Å². The molecule has 2 fully saturated rings. The van der Waals surface area contributed by atoms with Gasteiger partial charge in [-0.25, -0.2) is 0 Å². The normalized spacial score (nSPS) is 26.4. The van der Waals surface area contributed by atoms with Crippen molar-refractivity contribution in [1.29, 1.82) is 0 Å². The molecule has 28 heavy (non-hydrogen) atoms. The second-order valence-electron chi connectivity index (χ2n) is 8.03. The monoisotopic (exact) mass is 371 g/mol. The summed E-state index contributed by atoms with van der Waals surface area (Å²) >= 11 is 0. The number of carbonyl (C=O) groups excluding carboxylic acids is 2. The summed E-state index contributed by atoms with van der Waals surface area (Å²) in [5.74, 6) is 0.208. The van der Waals surface area contributed by atoms with Gasteiger partial charge in [-0.15, -0.1) is 0 Å². The lowest BCUT2D eigenvalue weighted by molar-refractivity contribution is -0.162. The molecule has 0 radical (unpaired) electrons. The number of carbonyl (C=O) groups is 2. The molecule has 0 saturated carbocycles. The number of H-pyrrole nitrogens is 1. The predicted octanol–water partition coefficient (Wildman–Crippen LogP) is 3.02. The molecule has 2 saturated heterocycles. The molecule has 3 aliphatic rings. The van der Waals surface area contributed by atoms with Gasteiger partial charge in [0.1, 0.15) is 12.1 Å². The minimum Gasteiger partial charge on any atom is -0.356 e. The van der Waals surface area contributed by atoms with E-state index in [0.717, 1.165) is 35.0 Å². The summed E-state index contributed by atoms with van der Waals surface area (Å²) < 4.78 is 0. The molecular weight excluding hydrogens is 350 g/mol. The van der Waals surface area contributed by atoms with Crippen LogP contribution in [0.25, 0.3) is 10.9 Å². The molecule has 2 amide bonds. The Morgan fingerprint density at radius 2 is 1.68 bits per heavy atom. The lowest BCUT2D eigenvalue weighted by Gasteiger charge is -2.48. The van der Waals surface area contributed by atoms with Gasteiger partial charge in [0.15, 0.2) is 0 Å². The molecule has 0 bridgehead atoms. The lowest BCUT2D eigenvalue weighted by Crippen LogP contribution is -2.65. The summed E-state index contributed by atoms with van der Waals surface area (Å²) in [7, 11) is 0. The molecule has 0 unspecified atom stereocenters. The third kappa shape index (κ3) is 2.02. The van der Waals surface area contributed by atoms with Crippen LogP contribution >= 0.6 is 0 Å². The highest BCUT2D eigenvalue weighted by atomic mass is 16.2. The van der Waals surface area contributed by atoms with Crippen LogP contribution in [0, 0.1) is 0 Å². The summed E-state index contributed by atoms with van der Waals surface area (Å²) in [5.41, 5.74) is 4.34. The summed E-state index contributed by atoms with van der Waals surface area (Å²) in [4.78, 5) is 34.1. The average Bonchev–Trinajstić information content (AvgIpc) is 3.36. The molecule has 3 aromatic rings. The van der Waals surface area contributed by atoms with Crippen LogP contribution in [0.2, 0.25) is 0 Å². The van der Waals surface area contributed by atoms with Crippen LogP contribution in [0.15, 0.2) is 54.6 Å². The van der Waals surface area contributed by atoms with Gasteiger partial charge in [0.25, 0.3) is 0 Å². The highest BCUT2D eigenvalue weighted by molar-refractivity contribution is 5.99. The number of piperazine rings is 1. The molecule has 3 atom stereocenters. The number of nitrogens with one attached hydrogen (secondary N) is 1. The van der Waals surface area contributed by atoms with Crippen molar-refractivity contribution in [3.05, 3.63) is 71.4 Å². The van der Waals surface area contributed by atoms with Crippen LogP contribution in [-0.4, -0.2) is 45.2 Å². The van der Waals surface area contributed by atoms with Crippen LogP contribution in [-0.2, 0) is 16.0 Å². The van der Waals surface area contributed by atoms with Gasteiger partial charge in [-0.05, 0) is 30.0 Å². The van der Waals surface area contributed by atoms with E-state index < -0.39 is 6.04 Å². The van der Waals surface area contributed by atoms with Gasteiger partial charge in [0, 0.05) is 29.6 Å². The maximum absolute atomic E-state index is 13.5. The number of rotatable bonds is 1. The molecule has 3 aliphatic heterocycles. The van der Waals surface area contributed by atoms with Gasteiger partial charge in [-0.2, -0.15) is 0 Å². The van der Waals surface area contributed by atoms with Crippen molar-refractivity contribution in [2.75, 3.05) is 6.54 Å². The second-order valence-corrected chi connectivity index (χ2v) is 8.03. The Morgan fingerprint density at radius 3 is 2.54 bits per heavy atom. The first-order chi connectivity index (χ1) is 13.7. The first-order valence-electron chi connectivity index (χ1n) is 10.0. The van der Waals surface area contributed by atoms with Crippen molar-refractivity contribution in [3.63, 3.8) is 0 Å². The van der Waals surface area contributed by atoms with Crippen molar-refractivity contribution < 1.29 is 9.59 Å². The minimum atomic E-state index is -0.418. The first-order valence-corrected chi connectivity index (χ1v) is 10.0.